The molecule has 1 aliphatic rings. The van der Waals surface area contributed by atoms with Crippen molar-refractivity contribution in [2.24, 2.45) is 0 Å². The second kappa shape index (κ2) is 8.82. The number of ketones is 1. The second-order valence-corrected chi connectivity index (χ2v) is 6.84. The Morgan fingerprint density at radius 3 is 2.62 bits per heavy atom. The minimum absolute atomic E-state index is 0.228. The molecule has 6 nitrogen and oxygen atoms in total. The van der Waals surface area contributed by atoms with Gasteiger partial charge >= 0.3 is 5.97 Å². The summed E-state index contributed by atoms with van der Waals surface area (Å²) in [6, 6.07) is 9.12. The summed E-state index contributed by atoms with van der Waals surface area (Å²) in [5.41, 5.74) is 3.08. The molecule has 0 saturated heterocycles. The number of rotatable bonds is 6. The van der Waals surface area contributed by atoms with Crippen LogP contribution in [-0.2, 0) is 9.53 Å². The van der Waals surface area contributed by atoms with E-state index in [0.29, 0.717) is 41.6 Å². The number of ether oxygens (including phenoxy) is 4. The largest absolute Gasteiger partial charge is 0.493 e. The fraction of sp³-hybridized carbons (Fsp3) is 0.304. The highest BCUT2D eigenvalue weighted by Crippen LogP contribution is 2.40. The summed E-state index contributed by atoms with van der Waals surface area (Å²) in [4.78, 5) is 24.8. The van der Waals surface area contributed by atoms with Gasteiger partial charge in [0.1, 0.15) is 13.2 Å². The van der Waals surface area contributed by atoms with Crippen LogP contribution in [0.25, 0.3) is 6.08 Å². The van der Waals surface area contributed by atoms with E-state index in [9.17, 15) is 9.59 Å². The number of Topliss-reactive ketones (excluding diaryl/α,β-unsaturated/α-hetero) is 1. The molecule has 0 saturated carbocycles. The van der Waals surface area contributed by atoms with E-state index in [-0.39, 0.29) is 5.78 Å². The minimum atomic E-state index is -0.887. The monoisotopic (exact) mass is 396 g/mol. The lowest BCUT2D eigenvalue weighted by molar-refractivity contribution is -0.140. The van der Waals surface area contributed by atoms with Gasteiger partial charge in [-0.2, -0.15) is 0 Å². The van der Waals surface area contributed by atoms with Gasteiger partial charge in [-0.1, -0.05) is 17.7 Å². The lowest BCUT2D eigenvalue weighted by Crippen LogP contribution is -2.24. The first-order valence-electron chi connectivity index (χ1n) is 9.37. The van der Waals surface area contributed by atoms with E-state index in [2.05, 4.69) is 0 Å². The molecule has 1 atom stereocenters. The molecule has 1 aliphatic heterocycles. The quantitative estimate of drug-likeness (QED) is 0.419. The fourth-order valence-electron chi connectivity index (χ4n) is 3.04. The predicted octanol–water partition coefficient (Wildman–Crippen LogP) is 3.91. The van der Waals surface area contributed by atoms with Crippen LogP contribution in [-0.4, -0.2) is 38.2 Å². The smallest absolute Gasteiger partial charge is 0.331 e. The van der Waals surface area contributed by atoms with Crippen LogP contribution < -0.4 is 14.2 Å². The molecule has 0 bridgehead atoms. The topological polar surface area (TPSA) is 71.1 Å². The summed E-state index contributed by atoms with van der Waals surface area (Å²) in [6.07, 6.45) is 1.97. The Morgan fingerprint density at radius 1 is 1.10 bits per heavy atom. The zero-order valence-corrected chi connectivity index (χ0v) is 17.0. The highest BCUT2D eigenvalue weighted by molar-refractivity contribution is 6.02. The first-order chi connectivity index (χ1) is 13.9. The first kappa shape index (κ1) is 20.5. The van der Waals surface area contributed by atoms with E-state index >= 15 is 0 Å². The van der Waals surface area contributed by atoms with Gasteiger partial charge in [-0.3, -0.25) is 4.79 Å². The maximum atomic E-state index is 12.6. The van der Waals surface area contributed by atoms with Crippen molar-refractivity contribution < 1.29 is 28.5 Å². The van der Waals surface area contributed by atoms with Crippen LogP contribution in [0.4, 0.5) is 0 Å². The molecule has 6 heteroatoms. The van der Waals surface area contributed by atoms with Crippen molar-refractivity contribution in [3.8, 4) is 17.2 Å². The highest BCUT2D eigenvalue weighted by Gasteiger charge is 2.21. The molecule has 0 N–H and O–H groups in total. The summed E-state index contributed by atoms with van der Waals surface area (Å²) in [5, 5.41) is 0. The van der Waals surface area contributed by atoms with Crippen LogP contribution in [0.1, 0.15) is 34.0 Å². The van der Waals surface area contributed by atoms with Gasteiger partial charge < -0.3 is 18.9 Å². The molecule has 3 rings (SSSR count). The van der Waals surface area contributed by atoms with Gasteiger partial charge in [-0.15, -0.1) is 0 Å². The van der Waals surface area contributed by atoms with E-state index in [1.807, 2.05) is 26.0 Å². The molecule has 1 heterocycles. The predicted molar refractivity (Wildman–Crippen MR) is 109 cm³/mol. The van der Waals surface area contributed by atoms with Gasteiger partial charge in [0.05, 0.1) is 7.11 Å². The molecular weight excluding hydrogens is 372 g/mol. The molecule has 0 aromatic heterocycles. The molecule has 0 fully saturated rings. The molecule has 152 valence electrons. The molecule has 0 radical (unpaired) electrons. The molecule has 0 aliphatic carbocycles. The number of fused-ring (bicyclic) bond motifs is 1. The maximum absolute atomic E-state index is 12.6. The maximum Gasteiger partial charge on any atom is 0.331 e. The third kappa shape index (κ3) is 4.77. The van der Waals surface area contributed by atoms with Gasteiger partial charge in [-0.25, -0.2) is 4.79 Å². The molecule has 0 unspecified atom stereocenters. The summed E-state index contributed by atoms with van der Waals surface area (Å²) in [7, 11) is 1.54. The van der Waals surface area contributed by atoms with Crippen molar-refractivity contribution in [1.82, 2.24) is 0 Å². The van der Waals surface area contributed by atoms with E-state index in [4.69, 9.17) is 18.9 Å². The van der Waals surface area contributed by atoms with Crippen molar-refractivity contribution >= 4 is 17.8 Å². The van der Waals surface area contributed by atoms with E-state index in [1.54, 1.807) is 31.2 Å². The zero-order valence-electron chi connectivity index (χ0n) is 17.0. The van der Waals surface area contributed by atoms with Gasteiger partial charge in [0.15, 0.2) is 17.6 Å². The minimum Gasteiger partial charge on any atom is -0.493 e. The summed E-state index contributed by atoms with van der Waals surface area (Å²) >= 11 is 0. The molecule has 29 heavy (non-hydrogen) atoms. The van der Waals surface area contributed by atoms with E-state index in [0.717, 1.165) is 11.1 Å². The number of aryl methyl sites for hydroxylation is 2. The van der Waals surface area contributed by atoms with Crippen molar-refractivity contribution in [2.75, 3.05) is 20.3 Å². The number of hydrogen-bond acceptors (Lipinski definition) is 6. The van der Waals surface area contributed by atoms with E-state index in [1.165, 1.54) is 13.2 Å². The average Bonchev–Trinajstić information content (AvgIpc) is 2.72. The lowest BCUT2D eigenvalue weighted by atomic mass is 9.99. The molecular formula is C23H24O6. The standard InChI is InChI=1S/C23H24O6/c1-14-5-6-15(2)18(11-14)22(25)16(3)29-21(24)8-7-17-12-19(26-4)23-20(13-17)27-9-10-28-23/h5-8,11-13,16H,9-10H2,1-4H3/b8-7+/t16-/m0/s1. The normalized spacial score (nSPS) is 13.8. The number of carbonyl (C=O) groups excluding carboxylic acids is 2. The van der Waals surface area contributed by atoms with Gasteiger partial charge in [-0.05, 0) is 56.2 Å². The Balaban J connectivity index is 1.69. The summed E-state index contributed by atoms with van der Waals surface area (Å²) in [5.74, 6) is 0.793. The van der Waals surface area contributed by atoms with Crippen LogP contribution in [0, 0.1) is 13.8 Å². The molecule has 2 aromatic rings. The van der Waals surface area contributed by atoms with Crippen LogP contribution in [0.5, 0.6) is 17.2 Å². The van der Waals surface area contributed by atoms with Crippen molar-refractivity contribution in [2.45, 2.75) is 26.9 Å². The molecule has 0 spiro atoms. The van der Waals surface area contributed by atoms with Gasteiger partial charge in [0.2, 0.25) is 11.5 Å². The Labute approximate surface area is 170 Å². The zero-order chi connectivity index (χ0) is 21.0. The SMILES string of the molecule is COc1cc(/C=C/C(=O)O[C@@H](C)C(=O)c2cc(C)ccc2C)cc2c1OCCO2. The fourth-order valence-corrected chi connectivity index (χ4v) is 3.04. The highest BCUT2D eigenvalue weighted by atomic mass is 16.6. The number of methoxy groups -OCH3 is 1. The molecule has 0 amide bonds. The lowest BCUT2D eigenvalue weighted by Gasteiger charge is -2.20. The number of esters is 1. The third-order valence-electron chi connectivity index (χ3n) is 4.58. The third-order valence-corrected chi connectivity index (χ3v) is 4.58. The van der Waals surface area contributed by atoms with Crippen molar-refractivity contribution in [3.63, 3.8) is 0 Å². The van der Waals surface area contributed by atoms with Crippen LogP contribution in [0.3, 0.4) is 0 Å². The second-order valence-electron chi connectivity index (χ2n) is 6.84. The van der Waals surface area contributed by atoms with Gasteiger partial charge in [0, 0.05) is 11.6 Å². The summed E-state index contributed by atoms with van der Waals surface area (Å²) < 4.78 is 21.8. The molecule has 2 aromatic carbocycles. The van der Waals surface area contributed by atoms with Crippen molar-refractivity contribution in [3.05, 3.63) is 58.7 Å². The number of hydrogen-bond donors (Lipinski definition) is 0. The Kier molecular flexibility index (Phi) is 6.22. The average molecular weight is 396 g/mol. The van der Waals surface area contributed by atoms with Crippen molar-refractivity contribution in [1.29, 1.82) is 0 Å². The summed E-state index contributed by atoms with van der Waals surface area (Å²) in [6.45, 7) is 6.25. The van der Waals surface area contributed by atoms with Crippen LogP contribution in [0.2, 0.25) is 0 Å². The van der Waals surface area contributed by atoms with Crippen LogP contribution in [0.15, 0.2) is 36.4 Å². The van der Waals surface area contributed by atoms with E-state index < -0.39 is 12.1 Å². The van der Waals surface area contributed by atoms with Gasteiger partial charge in [0.25, 0.3) is 0 Å². The van der Waals surface area contributed by atoms with Crippen LogP contribution >= 0.6 is 0 Å². The first-order valence-corrected chi connectivity index (χ1v) is 9.37. The Hall–Kier alpha value is -3.28. The number of benzene rings is 2. The Bertz CT molecular complexity index is 943. The number of carbonyl (C=O) groups is 2. The Morgan fingerprint density at radius 2 is 1.86 bits per heavy atom.